The molecule has 1 aromatic rings. The van der Waals surface area contributed by atoms with E-state index < -0.39 is 0 Å². The minimum absolute atomic E-state index is 0.929. The summed E-state index contributed by atoms with van der Waals surface area (Å²) >= 11 is 0. The molecule has 0 spiro atoms. The Kier molecular flexibility index (Phi) is 3.62. The van der Waals surface area contributed by atoms with Gasteiger partial charge in [-0.1, -0.05) is 6.92 Å². The predicted molar refractivity (Wildman–Crippen MR) is 56.5 cm³/mol. The van der Waals surface area contributed by atoms with Gasteiger partial charge in [-0.05, 0) is 37.1 Å². The topological polar surface area (TPSA) is 21.3 Å². The third kappa shape index (κ3) is 2.38. The van der Waals surface area contributed by atoms with Crippen molar-refractivity contribution in [1.82, 2.24) is 0 Å². The number of hydrogen-bond donors (Lipinski definition) is 1. The molecule has 0 fully saturated rings. The fourth-order valence-electron chi connectivity index (χ4n) is 1.35. The van der Waals surface area contributed by atoms with Gasteiger partial charge in [0.1, 0.15) is 5.75 Å². The van der Waals surface area contributed by atoms with Crippen LogP contribution < -0.4 is 10.1 Å². The van der Waals surface area contributed by atoms with Crippen LogP contribution in [-0.4, -0.2) is 13.7 Å². The van der Waals surface area contributed by atoms with Crippen LogP contribution in [-0.2, 0) is 6.42 Å². The van der Waals surface area contributed by atoms with E-state index in [1.54, 1.807) is 7.11 Å². The highest BCUT2D eigenvalue weighted by Crippen LogP contribution is 2.22. The van der Waals surface area contributed by atoms with E-state index in [-0.39, 0.29) is 0 Å². The summed E-state index contributed by atoms with van der Waals surface area (Å²) in [7, 11) is 1.70. The molecule has 0 bridgehead atoms. The van der Waals surface area contributed by atoms with Crippen molar-refractivity contribution in [1.29, 1.82) is 0 Å². The zero-order valence-electron chi connectivity index (χ0n) is 8.55. The molecule has 2 nitrogen and oxygen atoms in total. The van der Waals surface area contributed by atoms with Crippen LogP contribution in [0.25, 0.3) is 0 Å². The summed E-state index contributed by atoms with van der Waals surface area (Å²) in [4.78, 5) is 0. The molecule has 0 saturated heterocycles. The van der Waals surface area contributed by atoms with Crippen LogP contribution in [0.5, 0.6) is 5.75 Å². The Morgan fingerprint density at radius 2 is 2.08 bits per heavy atom. The summed E-state index contributed by atoms with van der Waals surface area (Å²) in [6, 6.07) is 6.14. The molecule has 0 amide bonds. The third-order valence-electron chi connectivity index (χ3n) is 2.06. The zero-order chi connectivity index (χ0) is 9.68. The Hall–Kier alpha value is -1.18. The molecule has 0 atom stereocenters. The van der Waals surface area contributed by atoms with Gasteiger partial charge in [-0.15, -0.1) is 0 Å². The molecule has 72 valence electrons. The van der Waals surface area contributed by atoms with Gasteiger partial charge in [-0.25, -0.2) is 0 Å². The number of nitrogens with one attached hydrogen (secondary N) is 1. The van der Waals surface area contributed by atoms with Crippen LogP contribution in [0.3, 0.4) is 0 Å². The molecule has 0 aliphatic carbocycles. The first-order valence-corrected chi connectivity index (χ1v) is 4.72. The van der Waals surface area contributed by atoms with E-state index >= 15 is 0 Å². The molecule has 0 unspecified atom stereocenters. The molecule has 0 aromatic heterocycles. The highest BCUT2D eigenvalue weighted by molar-refractivity contribution is 5.54. The van der Waals surface area contributed by atoms with Gasteiger partial charge in [-0.3, -0.25) is 0 Å². The fourth-order valence-corrected chi connectivity index (χ4v) is 1.35. The van der Waals surface area contributed by atoms with Gasteiger partial charge in [0.25, 0.3) is 0 Å². The highest BCUT2D eigenvalue weighted by Gasteiger charge is 2.00. The van der Waals surface area contributed by atoms with Crippen molar-refractivity contribution in [3.8, 4) is 5.75 Å². The maximum atomic E-state index is 5.16. The Morgan fingerprint density at radius 3 is 2.62 bits per heavy atom. The molecular formula is C11H17NO. The molecule has 1 N–H and O–H groups in total. The van der Waals surface area contributed by atoms with E-state index in [1.807, 2.05) is 6.07 Å². The van der Waals surface area contributed by atoms with Crippen molar-refractivity contribution in [3.63, 3.8) is 0 Å². The SMILES string of the molecule is CCNc1ccc(OC)cc1CC. The molecule has 1 rings (SSSR count). The Morgan fingerprint density at radius 1 is 1.31 bits per heavy atom. The van der Waals surface area contributed by atoms with Crippen LogP contribution >= 0.6 is 0 Å². The molecule has 0 heterocycles. The number of anilines is 1. The summed E-state index contributed by atoms with van der Waals surface area (Å²) < 4.78 is 5.16. The van der Waals surface area contributed by atoms with E-state index in [1.165, 1.54) is 11.3 Å². The van der Waals surface area contributed by atoms with Crippen LogP contribution in [0, 0.1) is 0 Å². The summed E-state index contributed by atoms with van der Waals surface area (Å²) in [6.45, 7) is 5.21. The Labute approximate surface area is 79.9 Å². The van der Waals surface area contributed by atoms with E-state index in [2.05, 4.69) is 31.3 Å². The summed E-state index contributed by atoms with van der Waals surface area (Å²) in [5.74, 6) is 0.929. The lowest BCUT2D eigenvalue weighted by molar-refractivity contribution is 0.414. The normalized spacial score (nSPS) is 9.77. The maximum Gasteiger partial charge on any atom is 0.119 e. The Balaban J connectivity index is 2.93. The van der Waals surface area contributed by atoms with Gasteiger partial charge in [-0.2, -0.15) is 0 Å². The number of ether oxygens (including phenoxy) is 1. The Bertz CT molecular complexity index is 271. The molecule has 2 heteroatoms. The smallest absolute Gasteiger partial charge is 0.119 e. The van der Waals surface area contributed by atoms with Crippen molar-refractivity contribution < 1.29 is 4.74 Å². The van der Waals surface area contributed by atoms with Crippen LogP contribution in [0.4, 0.5) is 5.69 Å². The highest BCUT2D eigenvalue weighted by atomic mass is 16.5. The van der Waals surface area contributed by atoms with Crippen LogP contribution in [0.2, 0.25) is 0 Å². The second-order valence-corrected chi connectivity index (χ2v) is 2.91. The lowest BCUT2D eigenvalue weighted by Gasteiger charge is -2.10. The standard InChI is InChI=1S/C11H17NO/c1-4-9-8-10(13-3)6-7-11(9)12-5-2/h6-8,12H,4-5H2,1-3H3. The van der Waals surface area contributed by atoms with Crippen molar-refractivity contribution in [2.45, 2.75) is 20.3 Å². The van der Waals surface area contributed by atoms with Gasteiger partial charge in [0.15, 0.2) is 0 Å². The fraction of sp³-hybridized carbons (Fsp3) is 0.455. The van der Waals surface area contributed by atoms with Gasteiger partial charge >= 0.3 is 0 Å². The molecule has 0 aliphatic heterocycles. The molecule has 0 saturated carbocycles. The predicted octanol–water partition coefficient (Wildman–Crippen LogP) is 2.69. The summed E-state index contributed by atoms with van der Waals surface area (Å²) in [6.07, 6.45) is 1.03. The number of hydrogen-bond acceptors (Lipinski definition) is 2. The molecular weight excluding hydrogens is 162 g/mol. The number of rotatable bonds is 4. The summed E-state index contributed by atoms with van der Waals surface area (Å²) in [5, 5.41) is 3.32. The minimum atomic E-state index is 0.929. The van der Waals surface area contributed by atoms with Gasteiger partial charge in [0.2, 0.25) is 0 Å². The second kappa shape index (κ2) is 4.75. The lowest BCUT2D eigenvalue weighted by Crippen LogP contribution is -2.00. The summed E-state index contributed by atoms with van der Waals surface area (Å²) in [5.41, 5.74) is 2.52. The first-order chi connectivity index (χ1) is 6.31. The van der Waals surface area contributed by atoms with Crippen LogP contribution in [0.15, 0.2) is 18.2 Å². The van der Waals surface area contributed by atoms with Crippen molar-refractivity contribution >= 4 is 5.69 Å². The first-order valence-electron chi connectivity index (χ1n) is 4.72. The number of methoxy groups -OCH3 is 1. The number of benzene rings is 1. The van der Waals surface area contributed by atoms with Crippen molar-refractivity contribution in [2.75, 3.05) is 19.0 Å². The zero-order valence-corrected chi connectivity index (χ0v) is 8.55. The second-order valence-electron chi connectivity index (χ2n) is 2.91. The maximum absolute atomic E-state index is 5.16. The lowest BCUT2D eigenvalue weighted by atomic mass is 10.1. The monoisotopic (exact) mass is 179 g/mol. The van der Waals surface area contributed by atoms with Crippen molar-refractivity contribution in [3.05, 3.63) is 23.8 Å². The quantitative estimate of drug-likeness (QED) is 0.767. The van der Waals surface area contributed by atoms with Crippen molar-refractivity contribution in [2.24, 2.45) is 0 Å². The minimum Gasteiger partial charge on any atom is -0.497 e. The molecule has 13 heavy (non-hydrogen) atoms. The van der Waals surface area contributed by atoms with E-state index in [9.17, 15) is 0 Å². The largest absolute Gasteiger partial charge is 0.497 e. The average molecular weight is 179 g/mol. The molecule has 0 aliphatic rings. The van der Waals surface area contributed by atoms with Gasteiger partial charge in [0, 0.05) is 12.2 Å². The average Bonchev–Trinajstić information content (AvgIpc) is 2.19. The third-order valence-corrected chi connectivity index (χ3v) is 2.06. The van der Waals surface area contributed by atoms with E-state index in [4.69, 9.17) is 4.74 Å². The van der Waals surface area contributed by atoms with E-state index in [0.717, 1.165) is 18.7 Å². The van der Waals surface area contributed by atoms with Crippen LogP contribution in [0.1, 0.15) is 19.4 Å². The van der Waals surface area contributed by atoms with Gasteiger partial charge < -0.3 is 10.1 Å². The molecule has 1 aromatic carbocycles. The molecule has 0 radical (unpaired) electrons. The number of aryl methyl sites for hydroxylation is 1. The van der Waals surface area contributed by atoms with E-state index in [0.29, 0.717) is 0 Å². The van der Waals surface area contributed by atoms with Gasteiger partial charge in [0.05, 0.1) is 7.11 Å². The first kappa shape index (κ1) is 9.90.